The molecule has 20 heavy (non-hydrogen) atoms. The second kappa shape index (κ2) is 7.77. The summed E-state index contributed by atoms with van der Waals surface area (Å²) in [5.74, 6) is 0. The van der Waals surface area contributed by atoms with Crippen LogP contribution in [0, 0.1) is 5.41 Å². The average molecular weight is 282 g/mol. The van der Waals surface area contributed by atoms with Crippen molar-refractivity contribution in [1.29, 1.82) is 0 Å². The Labute approximate surface area is 125 Å². The van der Waals surface area contributed by atoms with Crippen molar-refractivity contribution in [3.05, 3.63) is 0 Å². The molecule has 2 heterocycles. The van der Waals surface area contributed by atoms with Gasteiger partial charge in [-0.1, -0.05) is 27.2 Å². The lowest BCUT2D eigenvalue weighted by atomic mass is 9.80. The molecule has 2 aliphatic rings. The van der Waals surface area contributed by atoms with Crippen LogP contribution in [0.3, 0.4) is 0 Å². The van der Waals surface area contributed by atoms with Gasteiger partial charge in [0.15, 0.2) is 0 Å². The first-order valence-electron chi connectivity index (χ1n) is 8.70. The summed E-state index contributed by atoms with van der Waals surface area (Å²) in [5, 5.41) is 3.67. The van der Waals surface area contributed by atoms with Crippen LogP contribution in [-0.2, 0) is 4.74 Å². The largest absolute Gasteiger partial charge is 0.381 e. The van der Waals surface area contributed by atoms with Crippen LogP contribution in [0.4, 0.5) is 0 Å². The minimum atomic E-state index is 0.341. The molecule has 2 rings (SSSR count). The van der Waals surface area contributed by atoms with Crippen LogP contribution < -0.4 is 5.32 Å². The molecule has 2 fully saturated rings. The van der Waals surface area contributed by atoms with Crippen molar-refractivity contribution in [3.63, 3.8) is 0 Å². The van der Waals surface area contributed by atoms with Crippen molar-refractivity contribution in [3.8, 4) is 0 Å². The van der Waals surface area contributed by atoms with Gasteiger partial charge in [0.05, 0.1) is 6.61 Å². The zero-order chi connectivity index (χ0) is 14.4. The summed E-state index contributed by atoms with van der Waals surface area (Å²) in [5.41, 5.74) is 0.341. The molecule has 118 valence electrons. The van der Waals surface area contributed by atoms with Gasteiger partial charge in [0, 0.05) is 37.2 Å². The summed E-state index contributed by atoms with van der Waals surface area (Å²) in [6.07, 6.45) is 8.04. The molecule has 0 aromatic rings. The number of likely N-dealkylation sites (tertiary alicyclic amines) is 1. The molecular formula is C17H34N2O. The maximum absolute atomic E-state index is 5.86. The molecule has 0 amide bonds. The van der Waals surface area contributed by atoms with Crippen LogP contribution in [0.25, 0.3) is 0 Å². The smallest absolute Gasteiger partial charge is 0.0546 e. The fourth-order valence-corrected chi connectivity index (χ4v) is 3.81. The summed E-state index contributed by atoms with van der Waals surface area (Å²) >= 11 is 0. The van der Waals surface area contributed by atoms with Gasteiger partial charge in [-0.05, 0) is 38.6 Å². The molecule has 2 saturated heterocycles. The van der Waals surface area contributed by atoms with E-state index in [1.165, 1.54) is 51.6 Å². The number of hydrogen-bond donors (Lipinski definition) is 1. The van der Waals surface area contributed by atoms with Crippen molar-refractivity contribution in [2.45, 2.75) is 71.4 Å². The minimum Gasteiger partial charge on any atom is -0.381 e. The molecular weight excluding hydrogens is 248 g/mol. The highest BCUT2D eigenvalue weighted by molar-refractivity contribution is 4.90. The Morgan fingerprint density at radius 2 is 2.15 bits per heavy atom. The first-order chi connectivity index (χ1) is 9.65. The Balaban J connectivity index is 1.98. The van der Waals surface area contributed by atoms with Gasteiger partial charge < -0.3 is 10.1 Å². The summed E-state index contributed by atoms with van der Waals surface area (Å²) in [4.78, 5) is 2.76. The number of piperidine rings is 1. The zero-order valence-corrected chi connectivity index (χ0v) is 13.8. The van der Waals surface area contributed by atoms with Gasteiger partial charge in [0.2, 0.25) is 0 Å². The fourth-order valence-electron chi connectivity index (χ4n) is 3.81. The molecule has 0 aliphatic carbocycles. The summed E-state index contributed by atoms with van der Waals surface area (Å²) < 4.78 is 5.86. The Hall–Kier alpha value is -0.120. The van der Waals surface area contributed by atoms with E-state index in [1.54, 1.807) is 0 Å². The summed E-state index contributed by atoms with van der Waals surface area (Å²) in [6, 6.07) is 1.37. The molecule has 0 radical (unpaired) electrons. The van der Waals surface area contributed by atoms with Gasteiger partial charge in [0.1, 0.15) is 0 Å². The van der Waals surface area contributed by atoms with E-state index in [1.807, 2.05) is 0 Å². The lowest BCUT2D eigenvalue weighted by Gasteiger charge is -2.45. The molecule has 3 nitrogen and oxygen atoms in total. The first kappa shape index (κ1) is 16.3. The fraction of sp³-hybridized carbons (Fsp3) is 1.00. The van der Waals surface area contributed by atoms with Crippen LogP contribution in [0.2, 0.25) is 0 Å². The van der Waals surface area contributed by atoms with Gasteiger partial charge >= 0.3 is 0 Å². The highest BCUT2D eigenvalue weighted by Gasteiger charge is 2.36. The second-order valence-electron chi connectivity index (χ2n) is 7.22. The van der Waals surface area contributed by atoms with Crippen molar-refractivity contribution < 1.29 is 4.74 Å². The van der Waals surface area contributed by atoms with Crippen molar-refractivity contribution >= 4 is 0 Å². The standard InChI is InChI=1S/C17H34N2O/c1-4-16-8-5-6-10-19(16)13-17(12-18-15(2)3)9-7-11-20-14-17/h15-16,18H,4-14H2,1-3H3. The van der Waals surface area contributed by atoms with Gasteiger partial charge in [0.25, 0.3) is 0 Å². The predicted octanol–water partition coefficient (Wildman–Crippen LogP) is 3.05. The number of hydrogen-bond acceptors (Lipinski definition) is 3. The highest BCUT2D eigenvalue weighted by Crippen LogP contribution is 2.32. The van der Waals surface area contributed by atoms with E-state index in [-0.39, 0.29) is 0 Å². The number of rotatable bonds is 6. The third kappa shape index (κ3) is 4.44. The topological polar surface area (TPSA) is 24.5 Å². The molecule has 0 bridgehead atoms. The third-order valence-electron chi connectivity index (χ3n) is 5.05. The Bertz CT molecular complexity index is 274. The van der Waals surface area contributed by atoms with Crippen molar-refractivity contribution in [1.82, 2.24) is 10.2 Å². The second-order valence-corrected chi connectivity index (χ2v) is 7.22. The summed E-state index contributed by atoms with van der Waals surface area (Å²) in [6.45, 7) is 12.4. The number of ether oxygens (including phenoxy) is 1. The van der Waals surface area contributed by atoms with E-state index in [0.29, 0.717) is 11.5 Å². The molecule has 0 aromatic heterocycles. The lowest BCUT2D eigenvalue weighted by Crippen LogP contribution is -2.53. The molecule has 2 atom stereocenters. The zero-order valence-electron chi connectivity index (χ0n) is 13.8. The van der Waals surface area contributed by atoms with E-state index in [0.717, 1.165) is 25.8 Å². The van der Waals surface area contributed by atoms with E-state index in [2.05, 4.69) is 31.0 Å². The summed E-state index contributed by atoms with van der Waals surface area (Å²) in [7, 11) is 0. The third-order valence-corrected chi connectivity index (χ3v) is 5.05. The van der Waals surface area contributed by atoms with Crippen LogP contribution in [0.5, 0.6) is 0 Å². The SMILES string of the molecule is CCC1CCCCN1CC1(CNC(C)C)CCCOC1. The first-order valence-corrected chi connectivity index (χ1v) is 8.70. The molecule has 0 aromatic carbocycles. The predicted molar refractivity (Wildman–Crippen MR) is 85.1 cm³/mol. The van der Waals surface area contributed by atoms with E-state index in [4.69, 9.17) is 4.74 Å². The van der Waals surface area contributed by atoms with Crippen LogP contribution in [-0.4, -0.2) is 49.8 Å². The van der Waals surface area contributed by atoms with Crippen molar-refractivity contribution in [2.24, 2.45) is 5.41 Å². The maximum atomic E-state index is 5.86. The quantitative estimate of drug-likeness (QED) is 0.810. The number of nitrogens with one attached hydrogen (secondary N) is 1. The van der Waals surface area contributed by atoms with Gasteiger partial charge in [-0.2, -0.15) is 0 Å². The average Bonchev–Trinajstić information content (AvgIpc) is 2.47. The molecule has 2 aliphatic heterocycles. The monoisotopic (exact) mass is 282 g/mol. The molecule has 0 spiro atoms. The van der Waals surface area contributed by atoms with E-state index in [9.17, 15) is 0 Å². The molecule has 3 heteroatoms. The maximum Gasteiger partial charge on any atom is 0.0546 e. The molecule has 1 N–H and O–H groups in total. The Morgan fingerprint density at radius 1 is 1.30 bits per heavy atom. The van der Waals surface area contributed by atoms with Gasteiger partial charge in [-0.25, -0.2) is 0 Å². The van der Waals surface area contributed by atoms with Gasteiger partial charge in [-0.15, -0.1) is 0 Å². The van der Waals surface area contributed by atoms with E-state index >= 15 is 0 Å². The number of nitrogens with zero attached hydrogens (tertiary/aromatic N) is 1. The lowest BCUT2D eigenvalue weighted by molar-refractivity contribution is -0.0386. The van der Waals surface area contributed by atoms with Crippen molar-refractivity contribution in [2.75, 3.05) is 32.8 Å². The van der Waals surface area contributed by atoms with Crippen LogP contribution in [0.15, 0.2) is 0 Å². The molecule has 2 unspecified atom stereocenters. The van der Waals surface area contributed by atoms with Crippen LogP contribution in [0.1, 0.15) is 59.3 Å². The Kier molecular flexibility index (Phi) is 6.31. The van der Waals surface area contributed by atoms with Gasteiger partial charge in [-0.3, -0.25) is 4.90 Å². The Morgan fingerprint density at radius 3 is 2.80 bits per heavy atom. The normalized spacial score (nSPS) is 32.7. The molecule has 0 saturated carbocycles. The highest BCUT2D eigenvalue weighted by atomic mass is 16.5. The van der Waals surface area contributed by atoms with E-state index < -0.39 is 0 Å². The van der Waals surface area contributed by atoms with Crippen LogP contribution >= 0.6 is 0 Å². The minimum absolute atomic E-state index is 0.341.